The highest BCUT2D eigenvalue weighted by Gasteiger charge is 2.18. The number of para-hydroxylation sites is 1. The summed E-state index contributed by atoms with van der Waals surface area (Å²) in [6.45, 7) is 2.16. The SMILES string of the molecule is Cc1cc(-c2cccc(-c3ccc4c(-c5ccccc5)c5ccccc5c(-c5ccccc5)c4c3)c2)c2oc3ccccc3c2c1. The number of furan rings is 1. The maximum Gasteiger partial charge on any atom is 0.143 e. The minimum absolute atomic E-state index is 0.921. The Morgan fingerprint density at radius 2 is 0.891 bits per heavy atom. The lowest BCUT2D eigenvalue weighted by molar-refractivity contribution is 0.670. The van der Waals surface area contributed by atoms with Gasteiger partial charge in [-0.05, 0) is 103 Å². The third-order valence-corrected chi connectivity index (χ3v) is 9.28. The summed E-state index contributed by atoms with van der Waals surface area (Å²) in [5, 5.41) is 7.35. The first-order valence-electron chi connectivity index (χ1n) is 15.8. The molecule has 0 radical (unpaired) electrons. The molecule has 1 nitrogen and oxygen atoms in total. The van der Waals surface area contributed by atoms with Gasteiger partial charge in [-0.2, -0.15) is 0 Å². The molecule has 0 atom stereocenters. The van der Waals surface area contributed by atoms with Gasteiger partial charge in [-0.15, -0.1) is 0 Å². The molecule has 0 saturated heterocycles. The third kappa shape index (κ3) is 4.24. The molecular weight excluding hydrogens is 556 g/mol. The molecular formula is C45H30O. The average Bonchev–Trinajstić information content (AvgIpc) is 3.49. The topological polar surface area (TPSA) is 13.1 Å². The summed E-state index contributed by atoms with van der Waals surface area (Å²) in [6, 6.07) is 59.1. The van der Waals surface area contributed by atoms with Gasteiger partial charge in [0.25, 0.3) is 0 Å². The standard InChI is InChI=1S/C45H30O/c1-29-25-39(45-41(26-29)35-19-10-11-22-42(35)46-45)34-18-12-17-32(27-34)33-23-24-38-40(28-33)44(31-15-6-3-7-16-31)37-21-9-8-20-36(37)43(38)30-13-4-2-5-14-30/h2-28H,1H3. The largest absolute Gasteiger partial charge is 0.455 e. The second-order valence-electron chi connectivity index (χ2n) is 12.2. The molecule has 216 valence electrons. The van der Waals surface area contributed by atoms with E-state index in [-0.39, 0.29) is 0 Å². The van der Waals surface area contributed by atoms with Crippen LogP contribution in [0.5, 0.6) is 0 Å². The second-order valence-corrected chi connectivity index (χ2v) is 12.2. The van der Waals surface area contributed by atoms with Crippen LogP contribution in [-0.2, 0) is 0 Å². The van der Waals surface area contributed by atoms with Gasteiger partial charge in [-0.25, -0.2) is 0 Å². The fraction of sp³-hybridized carbons (Fsp3) is 0.0222. The van der Waals surface area contributed by atoms with Crippen molar-refractivity contribution in [3.8, 4) is 44.5 Å². The number of rotatable bonds is 4. The molecule has 0 N–H and O–H groups in total. The van der Waals surface area contributed by atoms with Crippen LogP contribution in [0.15, 0.2) is 168 Å². The molecule has 1 heterocycles. The first-order valence-corrected chi connectivity index (χ1v) is 15.8. The van der Waals surface area contributed by atoms with E-state index in [1.165, 1.54) is 60.5 Å². The van der Waals surface area contributed by atoms with Crippen molar-refractivity contribution in [3.63, 3.8) is 0 Å². The van der Waals surface area contributed by atoms with E-state index in [2.05, 4.69) is 165 Å². The van der Waals surface area contributed by atoms with Gasteiger partial charge < -0.3 is 4.42 Å². The molecule has 0 bridgehead atoms. The monoisotopic (exact) mass is 586 g/mol. The quantitative estimate of drug-likeness (QED) is 0.187. The maximum absolute atomic E-state index is 6.46. The molecule has 0 aliphatic rings. The van der Waals surface area contributed by atoms with Crippen LogP contribution in [0.3, 0.4) is 0 Å². The summed E-state index contributed by atoms with van der Waals surface area (Å²) in [5.74, 6) is 0. The normalized spacial score (nSPS) is 11.6. The highest BCUT2D eigenvalue weighted by Crippen LogP contribution is 2.45. The van der Waals surface area contributed by atoms with Gasteiger partial charge in [0, 0.05) is 16.3 Å². The van der Waals surface area contributed by atoms with Crippen LogP contribution in [0.25, 0.3) is 88.0 Å². The molecule has 0 saturated carbocycles. The molecule has 0 amide bonds. The van der Waals surface area contributed by atoms with E-state index in [0.717, 1.165) is 33.1 Å². The lowest BCUT2D eigenvalue weighted by Gasteiger charge is -2.19. The maximum atomic E-state index is 6.46. The molecule has 8 aromatic carbocycles. The first kappa shape index (κ1) is 26.5. The predicted octanol–water partition coefficient (Wildman–Crippen LogP) is 12.9. The summed E-state index contributed by atoms with van der Waals surface area (Å²) in [4.78, 5) is 0. The Morgan fingerprint density at radius 3 is 1.61 bits per heavy atom. The fourth-order valence-corrected chi connectivity index (χ4v) is 7.24. The molecule has 0 aliphatic heterocycles. The van der Waals surface area contributed by atoms with E-state index in [0.29, 0.717) is 0 Å². The Balaban J connectivity index is 1.30. The Hall–Kier alpha value is -5.92. The smallest absolute Gasteiger partial charge is 0.143 e. The second kappa shape index (κ2) is 10.6. The predicted molar refractivity (Wildman–Crippen MR) is 195 cm³/mol. The molecule has 46 heavy (non-hydrogen) atoms. The van der Waals surface area contributed by atoms with Crippen molar-refractivity contribution in [1.82, 2.24) is 0 Å². The third-order valence-electron chi connectivity index (χ3n) is 9.28. The molecule has 0 fully saturated rings. The van der Waals surface area contributed by atoms with Crippen LogP contribution in [0.4, 0.5) is 0 Å². The van der Waals surface area contributed by atoms with Gasteiger partial charge in [0.05, 0.1) is 0 Å². The van der Waals surface area contributed by atoms with E-state index >= 15 is 0 Å². The molecule has 0 spiro atoms. The number of aryl methyl sites for hydroxylation is 1. The zero-order valence-corrected chi connectivity index (χ0v) is 25.5. The van der Waals surface area contributed by atoms with Crippen molar-refractivity contribution in [2.45, 2.75) is 6.92 Å². The van der Waals surface area contributed by atoms with Crippen molar-refractivity contribution in [1.29, 1.82) is 0 Å². The highest BCUT2D eigenvalue weighted by atomic mass is 16.3. The number of fused-ring (bicyclic) bond motifs is 5. The zero-order valence-electron chi connectivity index (χ0n) is 25.5. The Labute approximate surface area is 268 Å². The van der Waals surface area contributed by atoms with Gasteiger partial charge in [-0.3, -0.25) is 0 Å². The van der Waals surface area contributed by atoms with Crippen molar-refractivity contribution in [2.75, 3.05) is 0 Å². The van der Waals surface area contributed by atoms with Crippen LogP contribution in [0.2, 0.25) is 0 Å². The van der Waals surface area contributed by atoms with Crippen LogP contribution in [0, 0.1) is 6.92 Å². The minimum atomic E-state index is 0.921. The molecule has 0 aliphatic carbocycles. The van der Waals surface area contributed by atoms with E-state index in [9.17, 15) is 0 Å². The van der Waals surface area contributed by atoms with Gasteiger partial charge in [0.1, 0.15) is 11.2 Å². The van der Waals surface area contributed by atoms with Crippen LogP contribution in [0.1, 0.15) is 5.56 Å². The Bertz CT molecular complexity index is 2570. The molecule has 9 rings (SSSR count). The lowest BCUT2D eigenvalue weighted by Crippen LogP contribution is -1.91. The summed E-state index contributed by atoms with van der Waals surface area (Å²) >= 11 is 0. The van der Waals surface area contributed by atoms with Gasteiger partial charge >= 0.3 is 0 Å². The Kier molecular flexibility index (Phi) is 6.11. The number of hydrogen-bond donors (Lipinski definition) is 0. The lowest BCUT2D eigenvalue weighted by atomic mass is 9.84. The zero-order chi connectivity index (χ0) is 30.6. The number of hydrogen-bond acceptors (Lipinski definition) is 1. The van der Waals surface area contributed by atoms with Gasteiger partial charge in [0.15, 0.2) is 0 Å². The van der Waals surface area contributed by atoms with Crippen LogP contribution >= 0.6 is 0 Å². The fourth-order valence-electron chi connectivity index (χ4n) is 7.24. The first-order chi connectivity index (χ1) is 22.7. The molecule has 1 heteroatoms. The van der Waals surface area contributed by atoms with E-state index in [1.54, 1.807) is 0 Å². The van der Waals surface area contributed by atoms with Crippen molar-refractivity contribution in [3.05, 3.63) is 169 Å². The van der Waals surface area contributed by atoms with Crippen molar-refractivity contribution < 1.29 is 4.42 Å². The van der Waals surface area contributed by atoms with Gasteiger partial charge in [-0.1, -0.05) is 133 Å². The van der Waals surface area contributed by atoms with E-state index in [4.69, 9.17) is 4.42 Å². The van der Waals surface area contributed by atoms with E-state index < -0.39 is 0 Å². The van der Waals surface area contributed by atoms with Crippen molar-refractivity contribution >= 4 is 43.5 Å². The summed E-state index contributed by atoms with van der Waals surface area (Å²) < 4.78 is 6.46. The highest BCUT2D eigenvalue weighted by molar-refractivity contribution is 6.22. The van der Waals surface area contributed by atoms with E-state index in [1.807, 2.05) is 6.07 Å². The van der Waals surface area contributed by atoms with Gasteiger partial charge in [0.2, 0.25) is 0 Å². The molecule has 0 unspecified atom stereocenters. The molecule has 1 aromatic heterocycles. The number of benzene rings is 8. The Morgan fingerprint density at radius 1 is 0.348 bits per heavy atom. The van der Waals surface area contributed by atoms with Crippen LogP contribution < -0.4 is 0 Å². The van der Waals surface area contributed by atoms with Crippen molar-refractivity contribution in [2.24, 2.45) is 0 Å². The minimum Gasteiger partial charge on any atom is -0.455 e. The summed E-state index contributed by atoms with van der Waals surface area (Å²) in [5.41, 5.74) is 12.7. The average molecular weight is 587 g/mol. The van der Waals surface area contributed by atoms with Crippen LogP contribution in [-0.4, -0.2) is 0 Å². The summed E-state index contributed by atoms with van der Waals surface area (Å²) in [7, 11) is 0. The summed E-state index contributed by atoms with van der Waals surface area (Å²) in [6.07, 6.45) is 0. The molecule has 9 aromatic rings.